The number of phenols is 2. The lowest BCUT2D eigenvalue weighted by Gasteiger charge is -2.20. The molecular formula is C28H30F2N2O4. The summed E-state index contributed by atoms with van der Waals surface area (Å²) in [7, 11) is 2.17. The summed E-state index contributed by atoms with van der Waals surface area (Å²) < 4.78 is 32.2. The van der Waals surface area contributed by atoms with Gasteiger partial charge in [0.15, 0.2) is 0 Å². The van der Waals surface area contributed by atoms with E-state index in [1.165, 1.54) is 36.9 Å². The van der Waals surface area contributed by atoms with Gasteiger partial charge in [-0.3, -0.25) is 4.79 Å². The van der Waals surface area contributed by atoms with E-state index < -0.39 is 23.6 Å². The van der Waals surface area contributed by atoms with Gasteiger partial charge in [-0.1, -0.05) is 36.4 Å². The van der Waals surface area contributed by atoms with Crippen molar-refractivity contribution in [2.45, 2.75) is 39.0 Å². The first-order chi connectivity index (χ1) is 17.3. The van der Waals surface area contributed by atoms with Crippen LogP contribution in [-0.4, -0.2) is 46.1 Å². The van der Waals surface area contributed by atoms with Gasteiger partial charge < -0.3 is 24.7 Å². The van der Waals surface area contributed by atoms with Crippen LogP contribution >= 0.6 is 0 Å². The molecule has 0 unspecified atom stereocenters. The Hall–Kier alpha value is -3.65. The normalized spacial score (nSPS) is 14.9. The molecule has 1 fully saturated rings. The number of halogens is 2. The molecule has 0 atom stereocenters. The molecule has 2 N–H and O–H groups in total. The molecule has 8 heteroatoms. The minimum Gasteiger partial charge on any atom is -0.508 e. The van der Waals surface area contributed by atoms with Crippen molar-refractivity contribution in [1.29, 1.82) is 0 Å². The lowest BCUT2D eigenvalue weighted by molar-refractivity contribution is 0.0742. The highest BCUT2D eigenvalue weighted by Gasteiger charge is 2.30. The Morgan fingerprint density at radius 2 is 1.67 bits per heavy atom. The number of ether oxygens (including phenoxy) is 1. The summed E-state index contributed by atoms with van der Waals surface area (Å²) in [6.45, 7) is 3.21. The molecule has 0 bridgehead atoms. The Morgan fingerprint density at radius 3 is 2.31 bits per heavy atom. The average molecular weight is 497 g/mol. The van der Waals surface area contributed by atoms with Crippen molar-refractivity contribution in [2.24, 2.45) is 0 Å². The van der Waals surface area contributed by atoms with E-state index in [2.05, 4.69) is 11.9 Å². The highest BCUT2D eigenvalue weighted by Crippen LogP contribution is 2.37. The van der Waals surface area contributed by atoms with E-state index in [4.69, 9.17) is 4.74 Å². The molecule has 190 valence electrons. The van der Waals surface area contributed by atoms with Crippen LogP contribution in [0.25, 0.3) is 0 Å². The lowest BCUT2D eigenvalue weighted by atomic mass is 10.1. The van der Waals surface area contributed by atoms with Gasteiger partial charge in [0.25, 0.3) is 12.3 Å². The fourth-order valence-corrected chi connectivity index (χ4v) is 4.37. The smallest absolute Gasteiger partial charge is 0.264 e. The summed E-state index contributed by atoms with van der Waals surface area (Å²) in [5.74, 6) is -1.09. The number of carbonyl (C=O) groups excluding carboxylic acids is 1. The number of benzene rings is 3. The minimum atomic E-state index is -2.82. The summed E-state index contributed by atoms with van der Waals surface area (Å²) in [5.41, 5.74) is 1.87. The molecule has 3 aromatic rings. The quantitative estimate of drug-likeness (QED) is 0.489. The van der Waals surface area contributed by atoms with Gasteiger partial charge in [0.05, 0.1) is 0 Å². The molecule has 2 aliphatic rings. The van der Waals surface area contributed by atoms with Gasteiger partial charge in [0.2, 0.25) is 0 Å². The maximum absolute atomic E-state index is 13.3. The Balaban J connectivity index is 0.000000445. The van der Waals surface area contributed by atoms with Gasteiger partial charge in [-0.15, -0.1) is 0 Å². The molecule has 1 amide bonds. The van der Waals surface area contributed by atoms with E-state index in [0.717, 1.165) is 28.8 Å². The molecule has 3 aromatic carbocycles. The number of hydrogen-bond donors (Lipinski definition) is 2. The number of amides is 1. The van der Waals surface area contributed by atoms with Crippen LogP contribution in [0.15, 0.2) is 60.7 Å². The van der Waals surface area contributed by atoms with Gasteiger partial charge >= 0.3 is 0 Å². The summed E-state index contributed by atoms with van der Waals surface area (Å²) in [4.78, 5) is 17.0. The van der Waals surface area contributed by atoms with E-state index in [-0.39, 0.29) is 36.8 Å². The SMILES string of the molecule is CN1CCCC1.O=C(c1c(O)cc(C(F)F)cc1OCc1ccccc1)N1Cc2ccc(O)cc2C1. The highest BCUT2D eigenvalue weighted by atomic mass is 19.3. The van der Waals surface area contributed by atoms with Crippen LogP contribution in [0, 0.1) is 0 Å². The summed E-state index contributed by atoms with van der Waals surface area (Å²) in [6, 6.07) is 15.9. The Labute approximate surface area is 209 Å². The number of rotatable bonds is 5. The maximum atomic E-state index is 13.3. The Morgan fingerprint density at radius 1 is 0.972 bits per heavy atom. The molecule has 0 saturated carbocycles. The molecule has 1 saturated heterocycles. The van der Waals surface area contributed by atoms with Gasteiger partial charge in [-0.05, 0) is 73.9 Å². The predicted octanol–water partition coefficient (Wildman–Crippen LogP) is 5.48. The van der Waals surface area contributed by atoms with Gasteiger partial charge in [-0.2, -0.15) is 0 Å². The average Bonchev–Trinajstić information content (AvgIpc) is 3.51. The molecule has 0 aromatic heterocycles. The van der Waals surface area contributed by atoms with Gasteiger partial charge in [0, 0.05) is 18.7 Å². The predicted molar refractivity (Wildman–Crippen MR) is 132 cm³/mol. The van der Waals surface area contributed by atoms with Crippen molar-refractivity contribution < 1.29 is 28.5 Å². The standard InChI is InChI=1S/C23H19F2NO4.C5H11N/c24-22(25)16-9-19(28)21(20(10-16)30-13-14-4-2-1-3-5-14)23(29)26-11-15-6-7-18(27)8-17(15)12-26;1-6-4-2-3-5-6/h1-10,22,27-28H,11-13H2;2-5H2,1H3. The summed E-state index contributed by atoms with van der Waals surface area (Å²) >= 11 is 0. The first kappa shape index (κ1) is 25.4. The second-order valence-corrected chi connectivity index (χ2v) is 9.11. The third kappa shape index (κ3) is 6.12. The number of carbonyl (C=O) groups is 1. The molecule has 5 rings (SSSR count). The van der Waals surface area contributed by atoms with Crippen LogP contribution in [0.5, 0.6) is 17.2 Å². The Bertz CT molecular complexity index is 1200. The monoisotopic (exact) mass is 496 g/mol. The van der Waals surface area contributed by atoms with Crippen molar-refractivity contribution in [1.82, 2.24) is 9.80 Å². The van der Waals surface area contributed by atoms with Crippen LogP contribution in [0.2, 0.25) is 0 Å². The summed E-state index contributed by atoms with van der Waals surface area (Å²) in [6.07, 6.45) is 0.00523. The molecule has 0 aliphatic carbocycles. The van der Waals surface area contributed by atoms with E-state index in [9.17, 15) is 23.8 Å². The van der Waals surface area contributed by atoms with Crippen molar-refractivity contribution >= 4 is 5.91 Å². The molecule has 2 aliphatic heterocycles. The van der Waals surface area contributed by atoms with E-state index in [1.807, 2.05) is 30.3 Å². The first-order valence-corrected chi connectivity index (χ1v) is 11.9. The van der Waals surface area contributed by atoms with Crippen LogP contribution < -0.4 is 4.74 Å². The zero-order valence-corrected chi connectivity index (χ0v) is 20.2. The molecule has 0 spiro atoms. The minimum absolute atomic E-state index is 0.0569. The third-order valence-corrected chi connectivity index (χ3v) is 6.34. The fourth-order valence-electron chi connectivity index (χ4n) is 4.37. The van der Waals surface area contributed by atoms with Crippen molar-refractivity contribution in [3.63, 3.8) is 0 Å². The van der Waals surface area contributed by atoms with Crippen LogP contribution in [0.3, 0.4) is 0 Å². The first-order valence-electron chi connectivity index (χ1n) is 11.9. The van der Waals surface area contributed by atoms with Crippen LogP contribution in [0.1, 0.15) is 51.9 Å². The second kappa shape index (κ2) is 11.4. The van der Waals surface area contributed by atoms with Crippen molar-refractivity contribution in [3.05, 3.63) is 88.5 Å². The topological polar surface area (TPSA) is 73.2 Å². The number of fused-ring (bicyclic) bond motifs is 1. The highest BCUT2D eigenvalue weighted by molar-refractivity contribution is 6.00. The number of hydrogen-bond acceptors (Lipinski definition) is 5. The summed E-state index contributed by atoms with van der Waals surface area (Å²) in [5, 5.41) is 20.1. The van der Waals surface area contributed by atoms with Crippen molar-refractivity contribution in [3.8, 4) is 17.2 Å². The molecular weight excluding hydrogens is 466 g/mol. The van der Waals surface area contributed by atoms with E-state index in [1.54, 1.807) is 12.1 Å². The third-order valence-electron chi connectivity index (χ3n) is 6.34. The molecule has 36 heavy (non-hydrogen) atoms. The number of phenolic OH excluding ortho intramolecular Hbond substituents is 2. The number of nitrogens with zero attached hydrogens (tertiary/aromatic N) is 2. The zero-order valence-electron chi connectivity index (χ0n) is 20.2. The van der Waals surface area contributed by atoms with Crippen LogP contribution in [0.4, 0.5) is 8.78 Å². The lowest BCUT2D eigenvalue weighted by Crippen LogP contribution is -2.26. The number of aromatic hydroxyl groups is 2. The fraction of sp³-hybridized carbons (Fsp3) is 0.321. The number of likely N-dealkylation sites (tertiary alicyclic amines) is 1. The van der Waals surface area contributed by atoms with E-state index in [0.29, 0.717) is 0 Å². The van der Waals surface area contributed by atoms with Crippen LogP contribution in [-0.2, 0) is 19.7 Å². The zero-order chi connectivity index (χ0) is 25.7. The van der Waals surface area contributed by atoms with Gasteiger partial charge in [-0.25, -0.2) is 8.78 Å². The second-order valence-electron chi connectivity index (χ2n) is 9.11. The van der Waals surface area contributed by atoms with Gasteiger partial charge in [0.1, 0.15) is 29.4 Å². The number of alkyl halides is 2. The molecule has 6 nitrogen and oxygen atoms in total. The maximum Gasteiger partial charge on any atom is 0.264 e. The van der Waals surface area contributed by atoms with E-state index >= 15 is 0 Å². The molecule has 0 radical (unpaired) electrons. The molecule has 2 heterocycles. The van der Waals surface area contributed by atoms with Crippen molar-refractivity contribution in [2.75, 3.05) is 20.1 Å². The largest absolute Gasteiger partial charge is 0.508 e. The Kier molecular flexibility index (Phi) is 8.05.